The Morgan fingerprint density at radius 2 is 1.52 bits per heavy atom. The maximum Gasteiger partial charge on any atom is 0.0396 e. The summed E-state index contributed by atoms with van der Waals surface area (Å²) in [6, 6.07) is 9.74. The molecular weight excluding hydrogens is 256 g/mol. The minimum Gasteiger partial charge on any atom is -0.369 e. The summed E-state index contributed by atoms with van der Waals surface area (Å²) >= 11 is 0. The highest BCUT2D eigenvalue weighted by molar-refractivity contribution is 5.53. The van der Waals surface area contributed by atoms with Crippen molar-refractivity contribution in [3.63, 3.8) is 0 Å². The SMILES string of the molecule is Cc1ccccc1N1CCN(C2CC3CCC(C3)C2)CC1. The van der Waals surface area contributed by atoms with Crippen molar-refractivity contribution in [1.29, 1.82) is 0 Å². The predicted octanol–water partition coefficient (Wildman–Crippen LogP) is 3.70. The number of piperazine rings is 1. The second-order valence-corrected chi connectivity index (χ2v) is 7.48. The minimum atomic E-state index is 0.898. The number of rotatable bonds is 2. The van der Waals surface area contributed by atoms with Crippen LogP contribution in [-0.4, -0.2) is 37.1 Å². The van der Waals surface area contributed by atoms with Gasteiger partial charge in [-0.3, -0.25) is 4.90 Å². The van der Waals surface area contributed by atoms with Crippen LogP contribution in [0.4, 0.5) is 5.69 Å². The van der Waals surface area contributed by atoms with E-state index in [2.05, 4.69) is 41.0 Å². The summed E-state index contributed by atoms with van der Waals surface area (Å²) in [5, 5.41) is 0. The van der Waals surface area contributed by atoms with Crippen molar-refractivity contribution in [3.05, 3.63) is 29.8 Å². The molecule has 1 heterocycles. The Morgan fingerprint density at radius 3 is 2.19 bits per heavy atom. The summed E-state index contributed by atoms with van der Waals surface area (Å²) in [4.78, 5) is 5.39. The molecule has 0 aromatic heterocycles. The van der Waals surface area contributed by atoms with E-state index in [-0.39, 0.29) is 0 Å². The zero-order chi connectivity index (χ0) is 14.2. The number of anilines is 1. The quantitative estimate of drug-likeness (QED) is 0.817. The van der Waals surface area contributed by atoms with Crippen molar-refractivity contribution in [2.75, 3.05) is 31.1 Å². The first-order valence-electron chi connectivity index (χ1n) is 8.84. The van der Waals surface area contributed by atoms with Crippen LogP contribution < -0.4 is 4.90 Å². The number of aryl methyl sites for hydroxylation is 1. The van der Waals surface area contributed by atoms with Crippen LogP contribution in [0.25, 0.3) is 0 Å². The van der Waals surface area contributed by atoms with Crippen molar-refractivity contribution in [3.8, 4) is 0 Å². The van der Waals surface area contributed by atoms with E-state index in [4.69, 9.17) is 0 Å². The van der Waals surface area contributed by atoms with E-state index >= 15 is 0 Å². The zero-order valence-electron chi connectivity index (χ0n) is 13.3. The lowest BCUT2D eigenvalue weighted by molar-refractivity contribution is 0.119. The molecule has 1 aromatic carbocycles. The summed E-state index contributed by atoms with van der Waals surface area (Å²) in [5.74, 6) is 2.12. The van der Waals surface area contributed by atoms with Gasteiger partial charge < -0.3 is 4.90 Å². The van der Waals surface area contributed by atoms with E-state index in [0.29, 0.717) is 0 Å². The molecule has 114 valence electrons. The fraction of sp³-hybridized carbons (Fsp3) is 0.684. The molecule has 2 atom stereocenters. The van der Waals surface area contributed by atoms with E-state index in [9.17, 15) is 0 Å². The van der Waals surface area contributed by atoms with Crippen LogP contribution >= 0.6 is 0 Å². The first-order chi connectivity index (χ1) is 10.3. The van der Waals surface area contributed by atoms with E-state index in [0.717, 1.165) is 17.9 Å². The van der Waals surface area contributed by atoms with Crippen LogP contribution in [0, 0.1) is 18.8 Å². The lowest BCUT2D eigenvalue weighted by Crippen LogP contribution is -2.51. The number of para-hydroxylation sites is 1. The van der Waals surface area contributed by atoms with Crippen LogP contribution in [0.3, 0.4) is 0 Å². The highest BCUT2D eigenvalue weighted by Gasteiger charge is 2.37. The monoisotopic (exact) mass is 284 g/mol. The Morgan fingerprint density at radius 1 is 0.857 bits per heavy atom. The van der Waals surface area contributed by atoms with E-state index in [1.165, 1.54) is 63.1 Å². The molecule has 0 radical (unpaired) electrons. The maximum atomic E-state index is 2.80. The highest BCUT2D eigenvalue weighted by atomic mass is 15.3. The van der Waals surface area contributed by atoms with E-state index in [1.54, 1.807) is 6.42 Å². The molecule has 3 fully saturated rings. The molecular formula is C19H28N2. The minimum absolute atomic E-state index is 0.898. The summed E-state index contributed by atoms with van der Waals surface area (Å²) in [6.07, 6.45) is 7.55. The second kappa shape index (κ2) is 5.64. The smallest absolute Gasteiger partial charge is 0.0396 e. The predicted molar refractivity (Wildman–Crippen MR) is 88.8 cm³/mol. The second-order valence-electron chi connectivity index (χ2n) is 7.48. The third-order valence-corrected chi connectivity index (χ3v) is 6.15. The third-order valence-electron chi connectivity index (χ3n) is 6.15. The Labute approximate surface area is 129 Å². The number of fused-ring (bicyclic) bond motifs is 2. The van der Waals surface area contributed by atoms with Crippen LogP contribution in [-0.2, 0) is 0 Å². The fourth-order valence-electron chi connectivity index (χ4n) is 5.02. The number of benzene rings is 1. The molecule has 0 N–H and O–H groups in total. The fourth-order valence-corrected chi connectivity index (χ4v) is 5.02. The third kappa shape index (κ3) is 2.70. The van der Waals surface area contributed by atoms with Gasteiger partial charge in [0.2, 0.25) is 0 Å². The molecule has 2 unspecified atom stereocenters. The molecule has 1 saturated heterocycles. The maximum absolute atomic E-state index is 2.80. The lowest BCUT2D eigenvalue weighted by atomic mass is 9.84. The summed E-state index contributed by atoms with van der Waals surface area (Å²) in [7, 11) is 0. The van der Waals surface area contributed by atoms with Gasteiger partial charge in [0, 0.05) is 37.9 Å². The van der Waals surface area contributed by atoms with Crippen LogP contribution in [0.2, 0.25) is 0 Å². The van der Waals surface area contributed by atoms with Crippen molar-refractivity contribution in [1.82, 2.24) is 4.90 Å². The van der Waals surface area contributed by atoms with Gasteiger partial charge in [-0.05, 0) is 49.7 Å². The van der Waals surface area contributed by atoms with Gasteiger partial charge in [0.05, 0.1) is 0 Å². The molecule has 1 aliphatic heterocycles. The van der Waals surface area contributed by atoms with Gasteiger partial charge in [0.25, 0.3) is 0 Å². The summed E-state index contributed by atoms with van der Waals surface area (Å²) < 4.78 is 0. The number of nitrogens with zero attached hydrogens (tertiary/aromatic N) is 2. The molecule has 0 amide bonds. The normalized spacial score (nSPS) is 33.4. The first kappa shape index (κ1) is 13.6. The van der Waals surface area contributed by atoms with Crippen LogP contribution in [0.1, 0.15) is 37.7 Å². The lowest BCUT2D eigenvalue weighted by Gasteiger charge is -2.43. The van der Waals surface area contributed by atoms with Gasteiger partial charge in [-0.2, -0.15) is 0 Å². The largest absolute Gasteiger partial charge is 0.369 e. The van der Waals surface area contributed by atoms with Gasteiger partial charge in [-0.25, -0.2) is 0 Å². The average Bonchev–Trinajstić information content (AvgIpc) is 2.86. The first-order valence-corrected chi connectivity index (χ1v) is 8.84. The summed E-state index contributed by atoms with van der Waals surface area (Å²) in [6.45, 7) is 7.17. The Bertz CT molecular complexity index is 478. The summed E-state index contributed by atoms with van der Waals surface area (Å²) in [5.41, 5.74) is 2.86. The van der Waals surface area contributed by atoms with Crippen molar-refractivity contribution >= 4 is 5.69 Å². The molecule has 0 spiro atoms. The van der Waals surface area contributed by atoms with Gasteiger partial charge in [-0.1, -0.05) is 31.0 Å². The Balaban J connectivity index is 1.38. The topological polar surface area (TPSA) is 6.48 Å². The number of hydrogen-bond acceptors (Lipinski definition) is 2. The molecule has 4 rings (SSSR count). The van der Waals surface area contributed by atoms with Crippen LogP contribution in [0.15, 0.2) is 24.3 Å². The average molecular weight is 284 g/mol. The molecule has 2 bridgehead atoms. The molecule has 2 aliphatic carbocycles. The molecule has 2 saturated carbocycles. The molecule has 2 nitrogen and oxygen atoms in total. The molecule has 2 heteroatoms. The number of hydrogen-bond donors (Lipinski definition) is 0. The van der Waals surface area contributed by atoms with Crippen molar-refractivity contribution in [2.45, 2.75) is 45.1 Å². The molecule has 1 aromatic rings. The standard InChI is InChI=1S/C19H28N2/c1-15-4-2-3-5-19(15)21-10-8-20(9-11-21)18-13-16-6-7-17(12-16)14-18/h2-5,16-18H,6-14H2,1H3. The molecule has 21 heavy (non-hydrogen) atoms. The zero-order valence-corrected chi connectivity index (χ0v) is 13.3. The van der Waals surface area contributed by atoms with E-state index in [1.807, 2.05) is 0 Å². The van der Waals surface area contributed by atoms with Gasteiger partial charge >= 0.3 is 0 Å². The van der Waals surface area contributed by atoms with Crippen LogP contribution in [0.5, 0.6) is 0 Å². The van der Waals surface area contributed by atoms with Gasteiger partial charge in [0.15, 0.2) is 0 Å². The Kier molecular flexibility index (Phi) is 3.66. The Hall–Kier alpha value is -1.02. The van der Waals surface area contributed by atoms with Crippen molar-refractivity contribution < 1.29 is 0 Å². The van der Waals surface area contributed by atoms with Gasteiger partial charge in [-0.15, -0.1) is 0 Å². The van der Waals surface area contributed by atoms with Gasteiger partial charge in [0.1, 0.15) is 0 Å². The highest BCUT2D eigenvalue weighted by Crippen LogP contribution is 2.43. The van der Waals surface area contributed by atoms with Crippen molar-refractivity contribution in [2.24, 2.45) is 11.8 Å². The molecule has 3 aliphatic rings. The van der Waals surface area contributed by atoms with E-state index < -0.39 is 0 Å².